The van der Waals surface area contributed by atoms with Gasteiger partial charge in [-0.15, -0.1) is 0 Å². The lowest BCUT2D eigenvalue weighted by Gasteiger charge is -2.17. The Bertz CT molecular complexity index is 391. The van der Waals surface area contributed by atoms with Gasteiger partial charge in [0.25, 0.3) is 5.91 Å². The van der Waals surface area contributed by atoms with Crippen LogP contribution in [0.5, 0.6) is 0 Å². The van der Waals surface area contributed by atoms with Crippen LogP contribution in [-0.2, 0) is 7.05 Å². The van der Waals surface area contributed by atoms with Crippen LogP contribution in [0, 0.1) is 11.8 Å². The number of nitrogens with one attached hydrogen (secondary N) is 1. The highest BCUT2D eigenvalue weighted by Gasteiger charge is 2.26. The van der Waals surface area contributed by atoms with Crippen molar-refractivity contribution >= 4 is 21.8 Å². The number of aryl methyl sites for hydroxylation is 1. The molecule has 2 atom stereocenters. The summed E-state index contributed by atoms with van der Waals surface area (Å²) in [5, 5.41) is 4.02. The number of carbonyl (C=O) groups is 1. The van der Waals surface area contributed by atoms with E-state index >= 15 is 0 Å². The molecular formula is C12H18BrN3O. The molecule has 17 heavy (non-hydrogen) atoms. The topological polar surface area (TPSA) is 46.9 Å². The lowest BCUT2D eigenvalue weighted by Crippen LogP contribution is -2.31. The number of rotatable bonds is 4. The SMILES string of the molecule is Cn1cnc(C(=O)NCC2CCCC2CBr)c1. The van der Waals surface area contributed by atoms with Crippen molar-refractivity contribution in [3.8, 4) is 0 Å². The van der Waals surface area contributed by atoms with E-state index in [1.807, 2.05) is 7.05 Å². The predicted octanol–water partition coefficient (Wildman–Crippen LogP) is 1.96. The van der Waals surface area contributed by atoms with Gasteiger partial charge in [0, 0.05) is 25.1 Å². The van der Waals surface area contributed by atoms with Crippen LogP contribution in [0.4, 0.5) is 0 Å². The van der Waals surface area contributed by atoms with E-state index in [1.54, 1.807) is 17.1 Å². The summed E-state index contributed by atoms with van der Waals surface area (Å²) in [5.41, 5.74) is 0.501. The van der Waals surface area contributed by atoms with Crippen LogP contribution in [0.2, 0.25) is 0 Å². The first-order valence-electron chi connectivity index (χ1n) is 6.03. The minimum Gasteiger partial charge on any atom is -0.350 e. The minimum atomic E-state index is -0.0641. The fourth-order valence-corrected chi connectivity index (χ4v) is 3.28. The van der Waals surface area contributed by atoms with Crippen LogP contribution in [0.3, 0.4) is 0 Å². The summed E-state index contributed by atoms with van der Waals surface area (Å²) in [6.45, 7) is 0.770. The number of hydrogen-bond donors (Lipinski definition) is 1. The van der Waals surface area contributed by atoms with Gasteiger partial charge in [-0.3, -0.25) is 4.79 Å². The quantitative estimate of drug-likeness (QED) is 0.864. The minimum absolute atomic E-state index is 0.0641. The van der Waals surface area contributed by atoms with E-state index in [-0.39, 0.29) is 5.91 Å². The Labute approximate surface area is 110 Å². The highest BCUT2D eigenvalue weighted by molar-refractivity contribution is 9.09. The zero-order valence-electron chi connectivity index (χ0n) is 10.0. The van der Waals surface area contributed by atoms with Gasteiger partial charge in [0.2, 0.25) is 0 Å². The van der Waals surface area contributed by atoms with E-state index in [0.29, 0.717) is 17.5 Å². The van der Waals surface area contributed by atoms with Crippen LogP contribution >= 0.6 is 15.9 Å². The number of amides is 1. The molecule has 1 aliphatic carbocycles. The number of imidazole rings is 1. The van der Waals surface area contributed by atoms with E-state index in [1.165, 1.54) is 19.3 Å². The molecular weight excluding hydrogens is 282 g/mol. The van der Waals surface area contributed by atoms with Crippen molar-refractivity contribution in [1.82, 2.24) is 14.9 Å². The summed E-state index contributed by atoms with van der Waals surface area (Å²) in [6.07, 6.45) is 7.16. The average molecular weight is 300 g/mol. The molecule has 1 N–H and O–H groups in total. The number of carbonyl (C=O) groups excluding carboxylic acids is 1. The summed E-state index contributed by atoms with van der Waals surface area (Å²) >= 11 is 3.54. The molecule has 1 aromatic heterocycles. The van der Waals surface area contributed by atoms with Gasteiger partial charge in [0.15, 0.2) is 0 Å². The number of hydrogen-bond acceptors (Lipinski definition) is 2. The van der Waals surface area contributed by atoms with Crippen molar-refractivity contribution in [2.75, 3.05) is 11.9 Å². The Kier molecular flexibility index (Phi) is 4.20. The second kappa shape index (κ2) is 5.67. The molecule has 1 aromatic rings. The van der Waals surface area contributed by atoms with Crippen LogP contribution < -0.4 is 5.32 Å². The highest BCUT2D eigenvalue weighted by Crippen LogP contribution is 2.32. The van der Waals surface area contributed by atoms with Crippen molar-refractivity contribution in [2.45, 2.75) is 19.3 Å². The van der Waals surface area contributed by atoms with Gasteiger partial charge in [-0.2, -0.15) is 0 Å². The normalized spacial score (nSPS) is 23.9. The van der Waals surface area contributed by atoms with E-state index in [2.05, 4.69) is 26.2 Å². The molecule has 0 spiro atoms. The van der Waals surface area contributed by atoms with Crippen LogP contribution in [0.25, 0.3) is 0 Å². The van der Waals surface area contributed by atoms with Crippen molar-refractivity contribution in [3.05, 3.63) is 18.2 Å². The van der Waals surface area contributed by atoms with Gasteiger partial charge >= 0.3 is 0 Å². The maximum absolute atomic E-state index is 11.8. The maximum Gasteiger partial charge on any atom is 0.271 e. The first-order chi connectivity index (χ1) is 8.20. The molecule has 5 heteroatoms. The molecule has 0 aliphatic heterocycles. The van der Waals surface area contributed by atoms with E-state index in [0.717, 1.165) is 11.9 Å². The molecule has 1 heterocycles. The monoisotopic (exact) mass is 299 g/mol. The number of aromatic nitrogens is 2. The molecule has 0 aromatic carbocycles. The maximum atomic E-state index is 11.8. The molecule has 94 valence electrons. The van der Waals surface area contributed by atoms with Gasteiger partial charge in [0.1, 0.15) is 5.69 Å². The zero-order chi connectivity index (χ0) is 12.3. The Morgan fingerprint density at radius 1 is 1.59 bits per heavy atom. The largest absolute Gasteiger partial charge is 0.350 e. The standard InChI is InChI=1S/C12H18BrN3O/c1-16-7-11(15-8-16)12(17)14-6-10-4-2-3-9(10)5-13/h7-10H,2-6H2,1H3,(H,14,17). The molecule has 1 fully saturated rings. The molecule has 2 unspecified atom stereocenters. The lowest BCUT2D eigenvalue weighted by molar-refractivity contribution is 0.0940. The molecule has 4 nitrogen and oxygen atoms in total. The fourth-order valence-electron chi connectivity index (χ4n) is 2.43. The fraction of sp³-hybridized carbons (Fsp3) is 0.667. The van der Waals surface area contributed by atoms with Crippen LogP contribution in [0.1, 0.15) is 29.8 Å². The molecule has 1 amide bonds. The summed E-state index contributed by atoms with van der Waals surface area (Å²) in [6, 6.07) is 0. The van der Waals surface area contributed by atoms with Crippen molar-refractivity contribution in [3.63, 3.8) is 0 Å². The smallest absolute Gasteiger partial charge is 0.271 e. The summed E-state index contributed by atoms with van der Waals surface area (Å²) < 4.78 is 1.78. The molecule has 0 bridgehead atoms. The van der Waals surface area contributed by atoms with Crippen LogP contribution in [0.15, 0.2) is 12.5 Å². The number of nitrogens with zero attached hydrogens (tertiary/aromatic N) is 2. The first-order valence-corrected chi connectivity index (χ1v) is 7.15. The van der Waals surface area contributed by atoms with E-state index in [4.69, 9.17) is 0 Å². The second-order valence-electron chi connectivity index (χ2n) is 4.74. The van der Waals surface area contributed by atoms with Crippen LogP contribution in [-0.4, -0.2) is 27.3 Å². The molecule has 1 saturated carbocycles. The molecule has 0 radical (unpaired) electrons. The summed E-state index contributed by atoms with van der Waals surface area (Å²) in [5.74, 6) is 1.26. The van der Waals surface area contributed by atoms with Crippen molar-refractivity contribution in [1.29, 1.82) is 0 Å². The predicted molar refractivity (Wildman–Crippen MR) is 70.2 cm³/mol. The van der Waals surface area contributed by atoms with E-state index in [9.17, 15) is 4.79 Å². The molecule has 2 rings (SSSR count). The molecule has 0 saturated heterocycles. The highest BCUT2D eigenvalue weighted by atomic mass is 79.9. The van der Waals surface area contributed by atoms with Gasteiger partial charge in [-0.25, -0.2) is 4.98 Å². The van der Waals surface area contributed by atoms with Gasteiger partial charge in [-0.05, 0) is 24.7 Å². The van der Waals surface area contributed by atoms with Crippen molar-refractivity contribution < 1.29 is 4.79 Å². The first kappa shape index (κ1) is 12.6. The van der Waals surface area contributed by atoms with Crippen molar-refractivity contribution in [2.24, 2.45) is 18.9 Å². The van der Waals surface area contributed by atoms with Gasteiger partial charge < -0.3 is 9.88 Å². The Hall–Kier alpha value is -0.840. The Balaban J connectivity index is 1.84. The van der Waals surface area contributed by atoms with E-state index < -0.39 is 0 Å². The zero-order valence-corrected chi connectivity index (χ0v) is 11.6. The lowest BCUT2D eigenvalue weighted by atomic mass is 9.98. The Morgan fingerprint density at radius 3 is 3.00 bits per heavy atom. The third-order valence-electron chi connectivity index (χ3n) is 3.48. The van der Waals surface area contributed by atoms with Gasteiger partial charge in [0.05, 0.1) is 6.33 Å². The average Bonchev–Trinajstić information content (AvgIpc) is 2.94. The summed E-state index contributed by atoms with van der Waals surface area (Å²) in [7, 11) is 1.86. The molecule has 1 aliphatic rings. The summed E-state index contributed by atoms with van der Waals surface area (Å²) in [4.78, 5) is 15.9. The third kappa shape index (κ3) is 3.09. The second-order valence-corrected chi connectivity index (χ2v) is 5.39. The Morgan fingerprint density at radius 2 is 2.35 bits per heavy atom. The third-order valence-corrected chi connectivity index (χ3v) is 4.31. The number of alkyl halides is 1. The number of halogens is 1. The van der Waals surface area contributed by atoms with Gasteiger partial charge in [-0.1, -0.05) is 22.4 Å².